The minimum Gasteiger partial charge on any atom is -0.543 e. The molecule has 3 heterocycles. The summed E-state index contributed by atoms with van der Waals surface area (Å²) in [5, 5.41) is 38.9. The Morgan fingerprint density at radius 3 is 2.70 bits per heavy atom. The summed E-state index contributed by atoms with van der Waals surface area (Å²) in [5.41, 5.74) is 6.99. The van der Waals surface area contributed by atoms with E-state index in [0.717, 1.165) is 23.3 Å². The second-order valence-corrected chi connectivity index (χ2v) is 12.0. The zero-order chi connectivity index (χ0) is 29.2. The van der Waals surface area contributed by atoms with E-state index >= 15 is 0 Å². The second-order valence-electron chi connectivity index (χ2n) is 10.0. The number of phenols is 2. The Bertz CT molecular complexity index is 1390. The lowest BCUT2D eigenvalue weighted by molar-refractivity contribution is -0.885. The van der Waals surface area contributed by atoms with Gasteiger partial charge in [0.25, 0.3) is 11.8 Å². The molecule has 2 atom stereocenters. The first kappa shape index (κ1) is 29.2. The molecule has 0 aliphatic carbocycles. The van der Waals surface area contributed by atoms with Crippen molar-refractivity contribution in [1.29, 1.82) is 0 Å². The van der Waals surface area contributed by atoms with Gasteiger partial charge < -0.3 is 40.5 Å². The third-order valence-electron chi connectivity index (χ3n) is 6.58. The Labute approximate surface area is 238 Å². The molecule has 2 amide bonds. The Hall–Kier alpha value is -3.82. The number of nitrogen functional groups attached to an aromatic ring is 1. The Kier molecular flexibility index (Phi) is 8.56. The summed E-state index contributed by atoms with van der Waals surface area (Å²) < 4.78 is 0.456. The molecule has 15 heteroatoms. The number of carboxylic acids is 1. The molecule has 0 radical (unpaired) electrons. The molecule has 1 aromatic heterocycles. The number of nitrogens with two attached hydrogens (primary N) is 1. The lowest BCUT2D eigenvalue weighted by Crippen LogP contribution is -2.71. The second kappa shape index (κ2) is 11.7. The standard InChI is InChI=1S/C25H30N6O7S2/c1-31(2,8-4-5-13-6-7-16(32)17(33)9-13)10-14-11-39-23-19(22(35)30(23)20(14)24(36)37)28-21(34)18(29-38-3)15-12-40-25(26)27-15/h6-7,9,12,19,23H,4-5,8,10-11H2,1-3H3,(H5-,26,27,28,29,32,33,34,36,37). The number of carbonyl (C=O) groups is 3. The number of carbonyl (C=O) groups excluding carboxylic acids is 3. The van der Waals surface area contributed by atoms with Crippen LogP contribution in [0.4, 0.5) is 5.13 Å². The highest BCUT2D eigenvalue weighted by molar-refractivity contribution is 8.00. The molecule has 4 rings (SSSR count). The molecular weight excluding hydrogens is 560 g/mol. The van der Waals surface area contributed by atoms with E-state index in [-0.39, 0.29) is 33.7 Å². The van der Waals surface area contributed by atoms with Gasteiger partial charge in [0.2, 0.25) is 0 Å². The number of β-lactam (4-membered cyclic amide) rings is 1. The van der Waals surface area contributed by atoms with Crippen molar-refractivity contribution in [2.24, 2.45) is 5.16 Å². The number of aryl methyl sites for hydroxylation is 1. The van der Waals surface area contributed by atoms with E-state index < -0.39 is 29.2 Å². The maximum absolute atomic E-state index is 13.1. The summed E-state index contributed by atoms with van der Waals surface area (Å²) in [7, 11) is 5.20. The minimum atomic E-state index is -1.45. The minimum absolute atomic E-state index is 0.152. The van der Waals surface area contributed by atoms with Crippen LogP contribution in [0.15, 0.2) is 40.0 Å². The van der Waals surface area contributed by atoms with Crippen molar-refractivity contribution in [3.63, 3.8) is 0 Å². The lowest BCUT2D eigenvalue weighted by atomic mass is 10.0. The van der Waals surface area contributed by atoms with Gasteiger partial charge in [0, 0.05) is 23.1 Å². The molecule has 214 valence electrons. The first-order valence-corrected chi connectivity index (χ1v) is 14.2. The maximum Gasteiger partial charge on any atom is 0.276 e. The number of fused-ring (bicyclic) bond motifs is 1. The number of thioether (sulfide) groups is 1. The van der Waals surface area contributed by atoms with Gasteiger partial charge in [-0.2, -0.15) is 0 Å². The molecule has 2 aromatic rings. The monoisotopic (exact) mass is 590 g/mol. The number of hydrogen-bond acceptors (Lipinski definition) is 12. The summed E-state index contributed by atoms with van der Waals surface area (Å²) >= 11 is 2.48. The van der Waals surface area contributed by atoms with Gasteiger partial charge in [-0.25, -0.2) is 4.98 Å². The molecule has 40 heavy (non-hydrogen) atoms. The molecule has 2 aliphatic rings. The summed E-state index contributed by atoms with van der Waals surface area (Å²) in [6.45, 7) is 1.06. The van der Waals surface area contributed by atoms with Crippen LogP contribution < -0.4 is 16.2 Å². The number of phenolic OH excluding ortho intramolecular Hbond substituents is 2. The van der Waals surface area contributed by atoms with Crippen LogP contribution in [-0.4, -0.2) is 99.5 Å². The molecule has 1 aromatic carbocycles. The number of hydrogen-bond donors (Lipinski definition) is 4. The number of aliphatic carboxylic acids is 1. The smallest absolute Gasteiger partial charge is 0.276 e. The first-order chi connectivity index (χ1) is 18.9. The van der Waals surface area contributed by atoms with Crippen LogP contribution in [0.5, 0.6) is 11.5 Å². The van der Waals surface area contributed by atoms with Gasteiger partial charge in [-0.15, -0.1) is 23.1 Å². The predicted molar refractivity (Wildman–Crippen MR) is 147 cm³/mol. The van der Waals surface area contributed by atoms with Crippen LogP contribution >= 0.6 is 23.1 Å². The van der Waals surface area contributed by atoms with E-state index in [2.05, 4.69) is 15.5 Å². The number of nitrogens with zero attached hydrogens (tertiary/aromatic N) is 4. The largest absolute Gasteiger partial charge is 0.543 e. The summed E-state index contributed by atoms with van der Waals surface area (Å²) in [6, 6.07) is 3.74. The van der Waals surface area contributed by atoms with Crippen molar-refractivity contribution in [2.75, 3.05) is 45.8 Å². The summed E-state index contributed by atoms with van der Waals surface area (Å²) in [5.74, 6) is -2.71. The zero-order valence-corrected chi connectivity index (χ0v) is 23.8. The van der Waals surface area contributed by atoms with E-state index in [9.17, 15) is 29.7 Å². The summed E-state index contributed by atoms with van der Waals surface area (Å²) in [4.78, 5) is 48.2. The quantitative estimate of drug-likeness (QED) is 0.0881. The van der Waals surface area contributed by atoms with Crippen molar-refractivity contribution >= 4 is 51.7 Å². The van der Waals surface area contributed by atoms with Gasteiger partial charge >= 0.3 is 0 Å². The highest BCUT2D eigenvalue weighted by Crippen LogP contribution is 2.40. The van der Waals surface area contributed by atoms with Crippen molar-refractivity contribution in [1.82, 2.24) is 15.2 Å². The number of quaternary nitrogens is 1. The average molecular weight is 591 g/mol. The number of carboxylic acid groups (broad SMARTS) is 1. The van der Waals surface area contributed by atoms with Gasteiger partial charge in [0.05, 0.1) is 32.3 Å². The number of benzene rings is 1. The number of oxime groups is 1. The van der Waals surface area contributed by atoms with Gasteiger partial charge in [0.15, 0.2) is 22.3 Å². The van der Waals surface area contributed by atoms with Crippen molar-refractivity contribution in [2.45, 2.75) is 24.3 Å². The van der Waals surface area contributed by atoms with E-state index in [1.807, 2.05) is 14.1 Å². The fourth-order valence-corrected chi connectivity index (χ4v) is 6.61. The van der Waals surface area contributed by atoms with E-state index in [4.69, 9.17) is 10.6 Å². The molecule has 1 fully saturated rings. The van der Waals surface area contributed by atoms with Crippen LogP contribution in [0.3, 0.4) is 0 Å². The van der Waals surface area contributed by atoms with E-state index in [0.29, 0.717) is 35.3 Å². The molecule has 2 unspecified atom stereocenters. The number of amides is 2. The molecular formula is C25H30N6O7S2. The third-order valence-corrected chi connectivity index (χ3v) is 8.59. The Balaban J connectivity index is 1.42. The van der Waals surface area contributed by atoms with Gasteiger partial charge in [-0.1, -0.05) is 11.2 Å². The molecule has 0 spiro atoms. The number of anilines is 1. The number of nitrogens with one attached hydrogen (secondary N) is 1. The van der Waals surface area contributed by atoms with Gasteiger partial charge in [-0.05, 0) is 24.1 Å². The first-order valence-electron chi connectivity index (χ1n) is 12.3. The number of rotatable bonds is 11. The van der Waals surface area contributed by atoms with Crippen LogP contribution in [0.25, 0.3) is 0 Å². The van der Waals surface area contributed by atoms with Crippen LogP contribution in [0.2, 0.25) is 0 Å². The molecule has 2 aliphatic heterocycles. The van der Waals surface area contributed by atoms with Crippen molar-refractivity contribution < 1.29 is 39.0 Å². The van der Waals surface area contributed by atoms with Crippen molar-refractivity contribution in [3.8, 4) is 11.5 Å². The number of aromatic hydroxyl groups is 2. The molecule has 0 bridgehead atoms. The highest BCUT2D eigenvalue weighted by atomic mass is 32.2. The SMILES string of the molecule is CO/N=C(\C(=O)NC1C(=O)N2C(C(=O)[O-])=C(C[N+](C)(C)CCCc3ccc(O)c(O)c3)CSC12)c1csc(N)n1. The van der Waals surface area contributed by atoms with E-state index in [1.165, 1.54) is 41.3 Å². The van der Waals surface area contributed by atoms with Gasteiger partial charge in [-0.3, -0.25) is 14.5 Å². The fourth-order valence-electron chi connectivity index (χ4n) is 4.73. The normalized spacial score (nSPS) is 19.2. The highest BCUT2D eigenvalue weighted by Gasteiger charge is 2.53. The molecule has 13 nitrogen and oxygen atoms in total. The Morgan fingerprint density at radius 2 is 2.08 bits per heavy atom. The van der Waals surface area contributed by atoms with Gasteiger partial charge in [0.1, 0.15) is 30.8 Å². The fraction of sp³-hybridized carbons (Fsp3) is 0.400. The topological polar surface area (TPSA) is 190 Å². The average Bonchev–Trinajstić information content (AvgIpc) is 3.32. The van der Waals surface area contributed by atoms with Crippen LogP contribution in [0.1, 0.15) is 17.7 Å². The number of thiazole rings is 1. The number of likely N-dealkylation sites (N-methyl/N-ethyl adjacent to an activating group) is 1. The molecule has 5 N–H and O–H groups in total. The van der Waals surface area contributed by atoms with Crippen LogP contribution in [-0.2, 0) is 25.6 Å². The molecule has 0 saturated carbocycles. The predicted octanol–water partition coefficient (Wildman–Crippen LogP) is -0.400. The third kappa shape index (κ3) is 6.16. The summed E-state index contributed by atoms with van der Waals surface area (Å²) in [6.07, 6.45) is 1.40. The van der Waals surface area contributed by atoms with Crippen molar-refractivity contribution in [3.05, 3.63) is 46.1 Å². The zero-order valence-electron chi connectivity index (χ0n) is 22.1. The molecule has 1 saturated heterocycles. The van der Waals surface area contributed by atoms with Crippen LogP contribution in [0, 0.1) is 0 Å². The lowest BCUT2D eigenvalue weighted by Gasteiger charge is -2.51. The Morgan fingerprint density at radius 1 is 1.32 bits per heavy atom. The van der Waals surface area contributed by atoms with E-state index in [1.54, 1.807) is 6.07 Å². The maximum atomic E-state index is 13.1. The number of aromatic nitrogens is 1.